The maximum atomic E-state index is 6.42. The fourth-order valence-corrected chi connectivity index (χ4v) is 4.72. The van der Waals surface area contributed by atoms with Crippen LogP contribution in [-0.4, -0.2) is 28.6 Å². The quantitative estimate of drug-likeness (QED) is 0.675. The summed E-state index contributed by atoms with van der Waals surface area (Å²) < 4.78 is 5.92. The number of hydrogen-bond donors (Lipinski definition) is 1. The molecule has 0 aliphatic carbocycles. The molecule has 0 unspecified atom stereocenters. The van der Waals surface area contributed by atoms with Gasteiger partial charge >= 0.3 is 0 Å². The van der Waals surface area contributed by atoms with Crippen LogP contribution >= 0.6 is 22.9 Å². The van der Waals surface area contributed by atoms with Crippen molar-refractivity contribution in [1.82, 2.24) is 15.0 Å². The van der Waals surface area contributed by atoms with E-state index in [1.54, 1.807) is 30.8 Å². The number of anilines is 3. The second-order valence-electron chi connectivity index (χ2n) is 7.68. The van der Waals surface area contributed by atoms with Crippen molar-refractivity contribution in [2.24, 2.45) is 0 Å². The van der Waals surface area contributed by atoms with Crippen molar-refractivity contribution in [2.75, 3.05) is 24.3 Å². The summed E-state index contributed by atoms with van der Waals surface area (Å²) in [5, 5.41) is 3.33. The third-order valence-electron chi connectivity index (χ3n) is 5.37. The fraction of sp³-hybridized carbons (Fsp3) is 0.350. The Kier molecular flexibility index (Phi) is 4.56. The molecule has 2 N–H and O–H groups in total. The predicted octanol–water partition coefficient (Wildman–Crippen LogP) is 4.51. The molecule has 1 aromatic carbocycles. The molecular weight excluding hydrogens is 394 g/mol. The molecule has 0 radical (unpaired) electrons. The topological polar surface area (TPSA) is 77.2 Å². The number of ether oxygens (including phenoxy) is 1. The van der Waals surface area contributed by atoms with Crippen molar-refractivity contribution in [2.45, 2.75) is 31.8 Å². The smallest absolute Gasteiger partial charge is 0.222 e. The number of fused-ring (bicyclic) bond motifs is 1. The second kappa shape index (κ2) is 6.69. The Morgan fingerprint density at radius 1 is 1.32 bits per heavy atom. The third-order valence-corrected chi connectivity index (χ3v) is 6.61. The molecule has 2 aromatic heterocycles. The van der Waals surface area contributed by atoms with Crippen LogP contribution in [0.5, 0.6) is 0 Å². The van der Waals surface area contributed by atoms with E-state index in [0.29, 0.717) is 10.8 Å². The molecule has 8 heteroatoms. The van der Waals surface area contributed by atoms with E-state index >= 15 is 0 Å². The molecule has 0 saturated heterocycles. The summed E-state index contributed by atoms with van der Waals surface area (Å²) in [5.41, 5.74) is 8.41. The van der Waals surface area contributed by atoms with E-state index in [1.807, 2.05) is 12.3 Å². The monoisotopic (exact) mass is 415 g/mol. The lowest BCUT2D eigenvalue weighted by molar-refractivity contribution is 0.0389. The molecular formula is C20H22ClN5OS. The van der Waals surface area contributed by atoms with Crippen LogP contribution in [0.15, 0.2) is 36.0 Å². The molecule has 146 valence electrons. The average molecular weight is 416 g/mol. The van der Waals surface area contributed by atoms with Crippen molar-refractivity contribution in [1.29, 1.82) is 0 Å². The lowest BCUT2D eigenvalue weighted by Crippen LogP contribution is -2.26. The molecule has 0 spiro atoms. The number of benzene rings is 1. The number of nitrogens with zero attached hydrogens (tertiary/aromatic N) is 4. The summed E-state index contributed by atoms with van der Waals surface area (Å²) in [5.74, 6) is 0.817. The van der Waals surface area contributed by atoms with Gasteiger partial charge in [0.2, 0.25) is 5.95 Å². The van der Waals surface area contributed by atoms with Crippen LogP contribution in [0.4, 0.5) is 17.5 Å². The number of aromatic nitrogens is 3. The summed E-state index contributed by atoms with van der Waals surface area (Å²) in [6, 6.07) is 6.42. The van der Waals surface area contributed by atoms with Gasteiger partial charge in [-0.15, -0.1) is 11.3 Å². The first-order chi connectivity index (χ1) is 13.3. The van der Waals surface area contributed by atoms with E-state index in [9.17, 15) is 0 Å². The minimum atomic E-state index is -0.643. The Labute approximate surface area is 173 Å². The zero-order valence-electron chi connectivity index (χ0n) is 16.2. The molecule has 3 aromatic rings. The van der Waals surface area contributed by atoms with Gasteiger partial charge in [0, 0.05) is 36.3 Å². The molecule has 1 aliphatic heterocycles. The molecule has 1 atom stereocenters. The van der Waals surface area contributed by atoms with E-state index in [4.69, 9.17) is 22.1 Å². The number of methoxy groups -OCH3 is 1. The summed E-state index contributed by atoms with van der Waals surface area (Å²) >= 11 is 7.99. The van der Waals surface area contributed by atoms with Gasteiger partial charge in [0.05, 0.1) is 6.20 Å². The minimum absolute atomic E-state index is 0.0679. The maximum absolute atomic E-state index is 6.42. The first kappa shape index (κ1) is 19.1. The standard InChI is InChI=1S/C20H22ClN5OS/c1-19(2)11-26(16-14(21)10-24-18(22)25-16)15-9-12(5-6-13(15)19)20(3,27-4)17-23-7-8-28-17/h5-10H,11H2,1-4H3,(H2,22,24,25)/t20-/m1/s1. The van der Waals surface area contributed by atoms with Gasteiger partial charge in [-0.1, -0.05) is 37.6 Å². The van der Waals surface area contributed by atoms with Gasteiger partial charge in [-0.3, -0.25) is 0 Å². The van der Waals surface area contributed by atoms with Crippen LogP contribution in [-0.2, 0) is 15.8 Å². The first-order valence-corrected chi connectivity index (χ1v) is 10.2. The van der Waals surface area contributed by atoms with Gasteiger partial charge in [-0.25, -0.2) is 9.97 Å². The summed E-state index contributed by atoms with van der Waals surface area (Å²) in [6.07, 6.45) is 3.34. The molecule has 0 fully saturated rings. The Bertz CT molecular complexity index is 1020. The predicted molar refractivity (Wildman–Crippen MR) is 114 cm³/mol. The highest BCUT2D eigenvalue weighted by atomic mass is 35.5. The van der Waals surface area contributed by atoms with Crippen LogP contribution in [0.25, 0.3) is 0 Å². The van der Waals surface area contributed by atoms with Gasteiger partial charge in [-0.05, 0) is 24.1 Å². The second-order valence-corrected chi connectivity index (χ2v) is 8.98. The zero-order valence-corrected chi connectivity index (χ0v) is 17.8. The Hall–Kier alpha value is -2.22. The number of halogens is 1. The highest BCUT2D eigenvalue weighted by Gasteiger charge is 2.40. The highest BCUT2D eigenvalue weighted by molar-refractivity contribution is 7.09. The largest absolute Gasteiger partial charge is 0.368 e. The Morgan fingerprint density at radius 2 is 2.11 bits per heavy atom. The number of nitrogens with two attached hydrogens (primary N) is 1. The maximum Gasteiger partial charge on any atom is 0.222 e. The SMILES string of the molecule is CO[C@](C)(c1ccc2c(c1)N(c1nc(N)ncc1Cl)CC2(C)C)c1nccs1. The van der Waals surface area contributed by atoms with Gasteiger partial charge in [-0.2, -0.15) is 4.98 Å². The van der Waals surface area contributed by atoms with E-state index in [-0.39, 0.29) is 11.4 Å². The lowest BCUT2D eigenvalue weighted by Gasteiger charge is -2.28. The normalized spacial score (nSPS) is 17.4. The summed E-state index contributed by atoms with van der Waals surface area (Å²) in [7, 11) is 1.71. The zero-order chi connectivity index (χ0) is 20.1. The van der Waals surface area contributed by atoms with Crippen LogP contribution in [0.1, 0.15) is 36.9 Å². The highest BCUT2D eigenvalue weighted by Crippen LogP contribution is 2.47. The summed E-state index contributed by atoms with van der Waals surface area (Å²) in [6.45, 7) is 7.19. The Balaban J connectivity index is 1.88. The van der Waals surface area contributed by atoms with Crippen molar-refractivity contribution in [3.05, 3.63) is 57.1 Å². The number of rotatable bonds is 4. The minimum Gasteiger partial charge on any atom is -0.368 e. The molecule has 6 nitrogen and oxygen atoms in total. The third kappa shape index (κ3) is 2.94. The molecule has 28 heavy (non-hydrogen) atoms. The van der Waals surface area contributed by atoms with E-state index in [0.717, 1.165) is 22.8 Å². The molecule has 0 saturated carbocycles. The number of hydrogen-bond acceptors (Lipinski definition) is 7. The van der Waals surface area contributed by atoms with E-state index < -0.39 is 5.60 Å². The molecule has 4 rings (SSSR count). The lowest BCUT2D eigenvalue weighted by atomic mass is 9.85. The molecule has 3 heterocycles. The van der Waals surface area contributed by atoms with E-state index in [1.165, 1.54) is 5.56 Å². The fourth-order valence-electron chi connectivity index (χ4n) is 3.73. The average Bonchev–Trinajstić information content (AvgIpc) is 3.30. The van der Waals surface area contributed by atoms with Crippen molar-refractivity contribution in [3.63, 3.8) is 0 Å². The van der Waals surface area contributed by atoms with Crippen LogP contribution in [0.3, 0.4) is 0 Å². The van der Waals surface area contributed by atoms with Gasteiger partial charge in [0.25, 0.3) is 0 Å². The number of thiazole rings is 1. The van der Waals surface area contributed by atoms with Gasteiger partial charge in [0.1, 0.15) is 15.6 Å². The van der Waals surface area contributed by atoms with Crippen molar-refractivity contribution in [3.8, 4) is 0 Å². The van der Waals surface area contributed by atoms with Gasteiger partial charge in [0.15, 0.2) is 5.82 Å². The Morgan fingerprint density at radius 3 is 2.79 bits per heavy atom. The first-order valence-electron chi connectivity index (χ1n) is 8.92. The van der Waals surface area contributed by atoms with Gasteiger partial charge < -0.3 is 15.4 Å². The molecule has 1 aliphatic rings. The molecule has 0 bridgehead atoms. The van der Waals surface area contributed by atoms with Crippen LogP contribution in [0, 0.1) is 0 Å². The van der Waals surface area contributed by atoms with Crippen molar-refractivity contribution >= 4 is 40.4 Å². The molecule has 0 amide bonds. The summed E-state index contributed by atoms with van der Waals surface area (Å²) in [4.78, 5) is 15.0. The van der Waals surface area contributed by atoms with E-state index in [2.05, 4.69) is 51.9 Å². The van der Waals surface area contributed by atoms with Crippen LogP contribution < -0.4 is 10.6 Å². The van der Waals surface area contributed by atoms with Crippen LogP contribution in [0.2, 0.25) is 5.02 Å². The number of nitrogen functional groups attached to an aromatic ring is 1. The van der Waals surface area contributed by atoms with Crippen molar-refractivity contribution < 1.29 is 4.74 Å².